The van der Waals surface area contributed by atoms with Gasteiger partial charge in [-0.05, 0) is 54.8 Å². The average Bonchev–Trinajstić information content (AvgIpc) is 3.60. The summed E-state index contributed by atoms with van der Waals surface area (Å²) in [5.41, 5.74) is 2.01. The van der Waals surface area contributed by atoms with E-state index >= 15 is 0 Å². The van der Waals surface area contributed by atoms with Gasteiger partial charge < -0.3 is 34.4 Å². The number of aromatic nitrogens is 4. The van der Waals surface area contributed by atoms with Gasteiger partial charge in [0.1, 0.15) is 41.3 Å². The molecule has 5 aromatic rings. The predicted octanol–water partition coefficient (Wildman–Crippen LogP) is 4.61. The van der Waals surface area contributed by atoms with E-state index in [-0.39, 0.29) is 19.1 Å². The minimum Gasteiger partial charge on any atom is -0.497 e. The van der Waals surface area contributed by atoms with Crippen molar-refractivity contribution in [3.63, 3.8) is 0 Å². The summed E-state index contributed by atoms with van der Waals surface area (Å²) in [6.45, 7) is 3.99. The highest BCUT2D eigenvalue weighted by molar-refractivity contribution is 5.82. The van der Waals surface area contributed by atoms with Gasteiger partial charge in [-0.1, -0.05) is 54.6 Å². The molecule has 0 unspecified atom stereocenters. The lowest BCUT2D eigenvalue weighted by molar-refractivity contribution is -0.0935. The third kappa shape index (κ3) is 5.77. The number of hydrogen-bond donors (Lipinski definition) is 3. The number of benzene rings is 3. The third-order valence-corrected chi connectivity index (χ3v) is 8.06. The number of aromatic amines is 1. The Morgan fingerprint density at radius 1 is 0.956 bits per heavy atom. The molecule has 0 aliphatic carbocycles. The fourth-order valence-corrected chi connectivity index (χ4v) is 5.89. The van der Waals surface area contributed by atoms with Gasteiger partial charge in [-0.3, -0.25) is 0 Å². The second-order valence-electron chi connectivity index (χ2n) is 11.3. The molecule has 3 heterocycles. The molecule has 0 amide bonds. The SMILES string of the molecule is COc1ccc(C(OC[C@H]2O[C@@H](n3c(=O)[nH]c4c(NC(C)C)ncnc43)C[C@@H]2O)(c2ccccc2)c2ccc(OC)cc2)cc1. The Kier molecular flexibility index (Phi) is 8.57. The van der Waals surface area contributed by atoms with Crippen molar-refractivity contribution in [3.05, 3.63) is 112 Å². The largest absolute Gasteiger partial charge is 0.497 e. The maximum Gasteiger partial charge on any atom is 0.329 e. The number of H-pyrrole nitrogens is 1. The number of hydrogen-bond acceptors (Lipinski definition) is 9. The molecule has 1 fully saturated rings. The molecule has 0 radical (unpaired) electrons. The summed E-state index contributed by atoms with van der Waals surface area (Å²) >= 11 is 0. The molecule has 0 saturated carbocycles. The quantitative estimate of drug-likeness (QED) is 0.183. The van der Waals surface area contributed by atoms with Crippen LogP contribution in [0.2, 0.25) is 0 Å². The first kappa shape index (κ1) is 30.3. The normalized spacial score (nSPS) is 18.4. The van der Waals surface area contributed by atoms with Crippen molar-refractivity contribution in [3.8, 4) is 11.5 Å². The molecule has 0 spiro atoms. The van der Waals surface area contributed by atoms with Crippen LogP contribution in [0.1, 0.15) is 43.2 Å². The smallest absolute Gasteiger partial charge is 0.329 e. The highest BCUT2D eigenvalue weighted by Gasteiger charge is 2.42. The second kappa shape index (κ2) is 12.7. The number of fused-ring (bicyclic) bond motifs is 1. The van der Waals surface area contributed by atoms with Crippen molar-refractivity contribution >= 4 is 17.0 Å². The Balaban J connectivity index is 1.36. The summed E-state index contributed by atoms with van der Waals surface area (Å²) in [4.78, 5) is 24.7. The van der Waals surface area contributed by atoms with E-state index in [9.17, 15) is 9.90 Å². The van der Waals surface area contributed by atoms with E-state index in [0.717, 1.165) is 16.7 Å². The Bertz CT molecular complexity index is 1740. The van der Waals surface area contributed by atoms with Crippen molar-refractivity contribution in [2.75, 3.05) is 26.1 Å². The summed E-state index contributed by atoms with van der Waals surface area (Å²) in [5, 5.41) is 14.5. The molecule has 45 heavy (non-hydrogen) atoms. The topological polar surface area (TPSA) is 133 Å². The number of nitrogens with one attached hydrogen (secondary N) is 2. The van der Waals surface area contributed by atoms with Gasteiger partial charge in [-0.25, -0.2) is 19.3 Å². The Hall–Kier alpha value is -4.71. The number of methoxy groups -OCH3 is 2. The molecule has 6 rings (SSSR count). The van der Waals surface area contributed by atoms with Crippen LogP contribution in [0.3, 0.4) is 0 Å². The zero-order valence-corrected chi connectivity index (χ0v) is 25.6. The van der Waals surface area contributed by atoms with Crippen molar-refractivity contribution in [1.82, 2.24) is 19.5 Å². The van der Waals surface area contributed by atoms with Crippen LogP contribution in [0.15, 0.2) is 90.0 Å². The summed E-state index contributed by atoms with van der Waals surface area (Å²) in [6, 6.07) is 25.5. The first-order valence-corrected chi connectivity index (χ1v) is 14.9. The second-order valence-corrected chi connectivity index (χ2v) is 11.3. The number of anilines is 1. The molecule has 3 atom stereocenters. The number of imidazole rings is 1. The molecule has 11 nitrogen and oxygen atoms in total. The highest BCUT2D eigenvalue weighted by atomic mass is 16.6. The number of aliphatic hydroxyl groups is 1. The summed E-state index contributed by atoms with van der Waals surface area (Å²) in [5.74, 6) is 1.95. The van der Waals surface area contributed by atoms with Crippen LogP contribution in [0.5, 0.6) is 11.5 Å². The Morgan fingerprint density at radius 3 is 2.13 bits per heavy atom. The number of rotatable bonds is 11. The molecule has 11 heteroatoms. The Labute approximate surface area is 260 Å². The molecule has 2 aromatic heterocycles. The van der Waals surface area contributed by atoms with Crippen LogP contribution in [-0.2, 0) is 15.1 Å². The van der Waals surface area contributed by atoms with Gasteiger partial charge in [0.25, 0.3) is 0 Å². The van der Waals surface area contributed by atoms with Crippen molar-refractivity contribution in [2.45, 2.75) is 50.3 Å². The molecule has 3 N–H and O–H groups in total. The maximum atomic E-state index is 13.2. The summed E-state index contributed by atoms with van der Waals surface area (Å²) < 4.78 is 25.6. The minimum atomic E-state index is -1.08. The van der Waals surface area contributed by atoms with E-state index in [1.165, 1.54) is 10.9 Å². The van der Waals surface area contributed by atoms with E-state index in [1.807, 2.05) is 92.7 Å². The third-order valence-electron chi connectivity index (χ3n) is 8.06. The monoisotopic (exact) mass is 611 g/mol. The van der Waals surface area contributed by atoms with Crippen molar-refractivity contribution in [1.29, 1.82) is 0 Å². The number of aliphatic hydroxyl groups excluding tert-OH is 1. The number of ether oxygens (including phenoxy) is 4. The molecule has 1 aliphatic heterocycles. The van der Waals surface area contributed by atoms with Crippen LogP contribution < -0.4 is 20.5 Å². The molecular formula is C34H37N5O6. The number of nitrogens with zero attached hydrogens (tertiary/aromatic N) is 3. The van der Waals surface area contributed by atoms with Gasteiger partial charge in [0, 0.05) is 12.5 Å². The van der Waals surface area contributed by atoms with Gasteiger partial charge in [0.15, 0.2) is 11.5 Å². The molecule has 1 saturated heterocycles. The van der Waals surface area contributed by atoms with Crippen molar-refractivity contribution in [2.24, 2.45) is 0 Å². The van der Waals surface area contributed by atoms with Crippen LogP contribution >= 0.6 is 0 Å². The fourth-order valence-electron chi connectivity index (χ4n) is 5.89. The van der Waals surface area contributed by atoms with E-state index in [1.54, 1.807) is 14.2 Å². The lowest BCUT2D eigenvalue weighted by Gasteiger charge is -2.37. The summed E-state index contributed by atoms with van der Waals surface area (Å²) in [6.07, 6.45) is -0.810. The zero-order chi connectivity index (χ0) is 31.6. The minimum absolute atomic E-state index is 0.0247. The fraction of sp³-hybridized carbons (Fsp3) is 0.324. The molecule has 3 aromatic carbocycles. The molecule has 1 aliphatic rings. The van der Waals surface area contributed by atoms with E-state index < -0.39 is 29.7 Å². The lowest BCUT2D eigenvalue weighted by atomic mass is 9.80. The van der Waals surface area contributed by atoms with Crippen LogP contribution in [0.25, 0.3) is 11.2 Å². The zero-order valence-electron chi connectivity index (χ0n) is 25.6. The van der Waals surface area contributed by atoms with Gasteiger partial charge in [-0.15, -0.1) is 0 Å². The van der Waals surface area contributed by atoms with Crippen molar-refractivity contribution < 1.29 is 24.1 Å². The molecular weight excluding hydrogens is 574 g/mol. The van der Waals surface area contributed by atoms with E-state index in [2.05, 4.69) is 20.3 Å². The standard InChI is InChI=1S/C34H37N5O6/c1-21(2)37-31-30-32(36-20-35-31)39(33(41)38-30)29-18-27(40)28(45-29)19-44-34(22-8-6-5-7-9-22,23-10-14-25(42-3)15-11-23)24-12-16-26(43-4)17-13-24/h5-17,20-21,27-29,40H,18-19H2,1-4H3,(H,38,41)(H,35,36,37)/t27-,28+,29+/m0/s1. The van der Waals surface area contributed by atoms with Gasteiger partial charge >= 0.3 is 5.69 Å². The average molecular weight is 612 g/mol. The van der Waals surface area contributed by atoms with E-state index in [0.29, 0.717) is 28.5 Å². The van der Waals surface area contributed by atoms with Crippen LogP contribution in [-0.4, -0.2) is 63.7 Å². The first-order valence-electron chi connectivity index (χ1n) is 14.9. The highest BCUT2D eigenvalue weighted by Crippen LogP contribution is 2.43. The van der Waals surface area contributed by atoms with E-state index in [4.69, 9.17) is 18.9 Å². The lowest BCUT2D eigenvalue weighted by Crippen LogP contribution is -2.38. The van der Waals surface area contributed by atoms with Gasteiger partial charge in [-0.2, -0.15) is 0 Å². The Morgan fingerprint density at radius 2 is 1.56 bits per heavy atom. The first-order chi connectivity index (χ1) is 21.8. The van der Waals surface area contributed by atoms with Crippen LogP contribution in [0, 0.1) is 0 Å². The van der Waals surface area contributed by atoms with Gasteiger partial charge in [0.2, 0.25) is 0 Å². The molecule has 0 bridgehead atoms. The summed E-state index contributed by atoms with van der Waals surface area (Å²) in [7, 11) is 3.25. The van der Waals surface area contributed by atoms with Gasteiger partial charge in [0.05, 0.1) is 26.9 Å². The predicted molar refractivity (Wildman–Crippen MR) is 170 cm³/mol. The maximum absolute atomic E-state index is 13.2. The molecule has 234 valence electrons. The van der Waals surface area contributed by atoms with Crippen LogP contribution in [0.4, 0.5) is 5.82 Å².